The molecule has 1 aromatic heterocycles. The third-order valence-electron chi connectivity index (χ3n) is 2.51. The number of esters is 1. The van der Waals surface area contributed by atoms with Gasteiger partial charge in [-0.1, -0.05) is 18.2 Å². The summed E-state index contributed by atoms with van der Waals surface area (Å²) in [5.74, 6) is -0.279. The molecule has 1 aromatic carbocycles. The molecule has 96 valence electrons. The fourth-order valence-electron chi connectivity index (χ4n) is 1.66. The molecule has 0 aliphatic heterocycles. The summed E-state index contributed by atoms with van der Waals surface area (Å²) in [4.78, 5) is 11.5. The molecule has 18 heavy (non-hydrogen) atoms. The number of ether oxygens (including phenoxy) is 2. The number of hydrogen-bond acceptors (Lipinski definition) is 4. The van der Waals surface area contributed by atoms with Crippen LogP contribution >= 0.6 is 0 Å². The summed E-state index contributed by atoms with van der Waals surface area (Å²) < 4.78 is 11.5. The number of fused-ring (bicyclic) bond motifs is 1. The van der Waals surface area contributed by atoms with Crippen LogP contribution in [-0.4, -0.2) is 36.1 Å². The molecule has 0 aliphatic rings. The topological polar surface area (TPSA) is 53.4 Å². The summed E-state index contributed by atoms with van der Waals surface area (Å²) in [5.41, 5.74) is 0.879. The number of rotatable bonds is 6. The predicted molar refractivity (Wildman–Crippen MR) is 67.2 cm³/mol. The van der Waals surface area contributed by atoms with Crippen LogP contribution in [0.4, 0.5) is 0 Å². The van der Waals surface area contributed by atoms with E-state index < -0.39 is 0 Å². The number of carbonyl (C=O) groups excluding carboxylic acids is 1. The smallest absolute Gasteiger partial charge is 0.327 e. The molecule has 0 amide bonds. The maximum Gasteiger partial charge on any atom is 0.327 e. The summed E-state index contributed by atoms with van der Waals surface area (Å²) in [6.07, 6.45) is 2.55. The van der Waals surface area contributed by atoms with Crippen molar-refractivity contribution in [3.8, 4) is 0 Å². The van der Waals surface area contributed by atoms with Gasteiger partial charge in [0.15, 0.2) is 0 Å². The van der Waals surface area contributed by atoms with Crippen molar-refractivity contribution in [1.82, 2.24) is 9.78 Å². The maximum atomic E-state index is 11.5. The second kappa shape index (κ2) is 6.16. The van der Waals surface area contributed by atoms with Crippen molar-refractivity contribution in [1.29, 1.82) is 0 Å². The zero-order chi connectivity index (χ0) is 12.8. The fraction of sp³-hybridized carbons (Fsp3) is 0.385. The Kier molecular flexibility index (Phi) is 4.30. The lowest BCUT2D eigenvalue weighted by molar-refractivity contribution is -0.144. The second-order valence-corrected chi connectivity index (χ2v) is 3.95. The highest BCUT2D eigenvalue weighted by molar-refractivity contribution is 5.78. The maximum absolute atomic E-state index is 11.5. The molecule has 1 heterocycles. The minimum atomic E-state index is -0.279. The Hall–Kier alpha value is -1.88. The molecule has 2 rings (SSSR count). The minimum Gasteiger partial charge on any atom is -0.464 e. The van der Waals surface area contributed by atoms with E-state index in [4.69, 9.17) is 9.47 Å². The zero-order valence-corrected chi connectivity index (χ0v) is 10.3. The van der Waals surface area contributed by atoms with E-state index in [1.165, 1.54) is 0 Å². The molecule has 2 aromatic rings. The average Bonchev–Trinajstić information content (AvgIpc) is 2.76. The van der Waals surface area contributed by atoms with Crippen LogP contribution < -0.4 is 0 Å². The molecular formula is C13H16N2O3. The molecule has 0 saturated carbocycles. The molecule has 0 aliphatic carbocycles. The number of carbonyl (C=O) groups is 1. The first-order valence-corrected chi connectivity index (χ1v) is 5.86. The van der Waals surface area contributed by atoms with Gasteiger partial charge in [0.25, 0.3) is 0 Å². The standard InChI is InChI=1S/C13H16N2O3/c1-17-7-4-8-18-13(16)10-15-9-11-5-2-3-6-12(11)14-15/h2-3,5-6,9H,4,7-8,10H2,1H3. The van der Waals surface area contributed by atoms with E-state index in [1.807, 2.05) is 30.5 Å². The molecule has 0 bridgehead atoms. The molecule has 0 fully saturated rings. The van der Waals surface area contributed by atoms with Crippen molar-refractivity contribution >= 4 is 16.9 Å². The summed E-state index contributed by atoms with van der Waals surface area (Å²) in [5, 5.41) is 5.31. The first-order chi connectivity index (χ1) is 8.79. The number of hydrogen-bond donors (Lipinski definition) is 0. The van der Waals surface area contributed by atoms with E-state index in [-0.39, 0.29) is 12.5 Å². The molecule has 0 spiro atoms. The Morgan fingerprint density at radius 1 is 1.33 bits per heavy atom. The number of methoxy groups -OCH3 is 1. The van der Waals surface area contributed by atoms with E-state index in [2.05, 4.69) is 5.10 Å². The van der Waals surface area contributed by atoms with Crippen LogP contribution in [0, 0.1) is 0 Å². The Balaban J connectivity index is 1.86. The second-order valence-electron chi connectivity index (χ2n) is 3.95. The van der Waals surface area contributed by atoms with Crippen LogP contribution in [0.3, 0.4) is 0 Å². The highest BCUT2D eigenvalue weighted by Gasteiger charge is 2.06. The molecule has 5 nitrogen and oxygen atoms in total. The zero-order valence-electron chi connectivity index (χ0n) is 10.3. The van der Waals surface area contributed by atoms with Gasteiger partial charge in [0.2, 0.25) is 0 Å². The Labute approximate surface area is 105 Å². The third-order valence-corrected chi connectivity index (χ3v) is 2.51. The first kappa shape index (κ1) is 12.6. The number of benzene rings is 1. The largest absolute Gasteiger partial charge is 0.464 e. The van der Waals surface area contributed by atoms with Crippen LogP contribution in [0.25, 0.3) is 10.9 Å². The molecule has 0 atom stereocenters. The molecule has 0 radical (unpaired) electrons. The summed E-state index contributed by atoms with van der Waals surface area (Å²) in [7, 11) is 1.62. The van der Waals surface area contributed by atoms with Crippen LogP contribution in [0.2, 0.25) is 0 Å². The van der Waals surface area contributed by atoms with Crippen molar-refractivity contribution in [2.75, 3.05) is 20.3 Å². The monoisotopic (exact) mass is 248 g/mol. The highest BCUT2D eigenvalue weighted by Crippen LogP contribution is 2.10. The summed E-state index contributed by atoms with van der Waals surface area (Å²) in [6.45, 7) is 1.12. The average molecular weight is 248 g/mol. The van der Waals surface area contributed by atoms with Gasteiger partial charge in [-0.15, -0.1) is 0 Å². The van der Waals surface area contributed by atoms with Gasteiger partial charge in [-0.2, -0.15) is 5.10 Å². The molecule has 0 N–H and O–H groups in total. The molecule has 5 heteroatoms. The van der Waals surface area contributed by atoms with Crippen molar-refractivity contribution in [3.05, 3.63) is 30.5 Å². The SMILES string of the molecule is COCCCOC(=O)Cn1cc2ccccc2n1. The quantitative estimate of drug-likeness (QED) is 0.575. The van der Waals surface area contributed by atoms with Crippen LogP contribution in [0.1, 0.15) is 6.42 Å². The van der Waals surface area contributed by atoms with Gasteiger partial charge in [-0.25, -0.2) is 0 Å². The van der Waals surface area contributed by atoms with E-state index >= 15 is 0 Å². The van der Waals surface area contributed by atoms with E-state index in [0.29, 0.717) is 19.6 Å². The summed E-state index contributed by atoms with van der Waals surface area (Å²) in [6, 6.07) is 7.73. The van der Waals surface area contributed by atoms with Gasteiger partial charge < -0.3 is 9.47 Å². The lowest BCUT2D eigenvalue weighted by atomic mass is 10.3. The van der Waals surface area contributed by atoms with Crippen LogP contribution in [0.5, 0.6) is 0 Å². The lowest BCUT2D eigenvalue weighted by Crippen LogP contribution is -2.15. The van der Waals surface area contributed by atoms with Gasteiger partial charge in [-0.05, 0) is 6.07 Å². The van der Waals surface area contributed by atoms with E-state index in [0.717, 1.165) is 10.9 Å². The van der Waals surface area contributed by atoms with Gasteiger partial charge in [0.05, 0.1) is 12.1 Å². The number of aromatic nitrogens is 2. The van der Waals surface area contributed by atoms with Crippen molar-refractivity contribution < 1.29 is 14.3 Å². The van der Waals surface area contributed by atoms with Crippen LogP contribution in [-0.2, 0) is 20.8 Å². The van der Waals surface area contributed by atoms with Crippen molar-refractivity contribution in [2.24, 2.45) is 0 Å². The molecule has 0 saturated heterocycles. The van der Waals surface area contributed by atoms with E-state index in [9.17, 15) is 4.79 Å². The van der Waals surface area contributed by atoms with Gasteiger partial charge in [0.1, 0.15) is 6.54 Å². The summed E-state index contributed by atoms with van der Waals surface area (Å²) >= 11 is 0. The molecular weight excluding hydrogens is 232 g/mol. The Morgan fingerprint density at radius 2 is 2.17 bits per heavy atom. The van der Waals surface area contributed by atoms with Crippen LogP contribution in [0.15, 0.2) is 30.5 Å². The van der Waals surface area contributed by atoms with Crippen molar-refractivity contribution in [3.63, 3.8) is 0 Å². The van der Waals surface area contributed by atoms with Gasteiger partial charge in [0, 0.05) is 31.7 Å². The van der Waals surface area contributed by atoms with Gasteiger partial charge in [-0.3, -0.25) is 9.48 Å². The van der Waals surface area contributed by atoms with Gasteiger partial charge >= 0.3 is 5.97 Å². The Bertz CT molecular complexity index is 489. The highest BCUT2D eigenvalue weighted by atomic mass is 16.5. The Morgan fingerprint density at radius 3 is 2.94 bits per heavy atom. The minimum absolute atomic E-state index is 0.141. The van der Waals surface area contributed by atoms with E-state index in [1.54, 1.807) is 11.8 Å². The van der Waals surface area contributed by atoms with Crippen molar-refractivity contribution in [2.45, 2.75) is 13.0 Å². The predicted octanol–water partition coefficient (Wildman–Crippen LogP) is 1.62. The third kappa shape index (κ3) is 3.30. The first-order valence-electron chi connectivity index (χ1n) is 5.86. The lowest BCUT2D eigenvalue weighted by Gasteiger charge is -2.04. The number of nitrogens with zero attached hydrogens (tertiary/aromatic N) is 2. The normalized spacial score (nSPS) is 10.7. The fourth-order valence-corrected chi connectivity index (χ4v) is 1.66. The molecule has 0 unspecified atom stereocenters.